The van der Waals surface area contributed by atoms with E-state index >= 15 is 0 Å². The van der Waals surface area contributed by atoms with Crippen molar-refractivity contribution in [3.05, 3.63) is 42.0 Å². The topological polar surface area (TPSA) is 71.8 Å². The van der Waals surface area contributed by atoms with Crippen molar-refractivity contribution in [1.29, 1.82) is 0 Å². The quantitative estimate of drug-likeness (QED) is 0.881. The number of amides is 1. The molecule has 1 aromatic heterocycles. The monoisotopic (exact) mass is 353 g/mol. The van der Waals surface area contributed by atoms with Crippen LogP contribution in [0.3, 0.4) is 0 Å². The SMILES string of the molecule is CC1(CNC(=O)c2cnn(-c3ccc(F)cc3)n2)CCNCC1.Cl. The lowest BCUT2D eigenvalue weighted by atomic mass is 9.81. The first-order valence-electron chi connectivity index (χ1n) is 7.73. The van der Waals surface area contributed by atoms with Gasteiger partial charge in [0.25, 0.3) is 5.91 Å². The molecule has 3 rings (SSSR count). The number of nitrogens with one attached hydrogen (secondary N) is 2. The summed E-state index contributed by atoms with van der Waals surface area (Å²) in [7, 11) is 0. The van der Waals surface area contributed by atoms with E-state index in [1.54, 1.807) is 12.1 Å². The third-order valence-electron chi connectivity index (χ3n) is 4.27. The van der Waals surface area contributed by atoms with Gasteiger partial charge in [0, 0.05) is 6.54 Å². The average Bonchev–Trinajstić information content (AvgIpc) is 3.04. The Morgan fingerprint density at radius 1 is 1.33 bits per heavy atom. The Kier molecular flexibility index (Phi) is 5.90. The fourth-order valence-electron chi connectivity index (χ4n) is 2.66. The van der Waals surface area contributed by atoms with Crippen molar-refractivity contribution < 1.29 is 9.18 Å². The zero-order valence-electron chi connectivity index (χ0n) is 13.5. The predicted molar refractivity (Wildman–Crippen MR) is 91.1 cm³/mol. The van der Waals surface area contributed by atoms with E-state index in [1.807, 2.05) is 0 Å². The van der Waals surface area contributed by atoms with Gasteiger partial charge in [0.15, 0.2) is 5.69 Å². The van der Waals surface area contributed by atoms with Gasteiger partial charge < -0.3 is 10.6 Å². The second-order valence-electron chi connectivity index (χ2n) is 6.24. The summed E-state index contributed by atoms with van der Waals surface area (Å²) in [4.78, 5) is 13.5. The van der Waals surface area contributed by atoms with E-state index in [0.29, 0.717) is 12.2 Å². The Labute approximate surface area is 146 Å². The maximum atomic E-state index is 12.9. The first kappa shape index (κ1) is 18.4. The van der Waals surface area contributed by atoms with Crippen LogP contribution in [0.1, 0.15) is 30.3 Å². The van der Waals surface area contributed by atoms with Crippen LogP contribution in [0.15, 0.2) is 30.5 Å². The lowest BCUT2D eigenvalue weighted by Crippen LogP contribution is -2.43. The first-order valence-corrected chi connectivity index (χ1v) is 7.73. The number of carbonyl (C=O) groups is 1. The lowest BCUT2D eigenvalue weighted by Gasteiger charge is -2.33. The Morgan fingerprint density at radius 3 is 2.67 bits per heavy atom. The highest BCUT2D eigenvalue weighted by atomic mass is 35.5. The number of hydrogen-bond acceptors (Lipinski definition) is 4. The van der Waals surface area contributed by atoms with Gasteiger partial charge in [-0.1, -0.05) is 6.92 Å². The van der Waals surface area contributed by atoms with Crippen LogP contribution in [0.5, 0.6) is 0 Å². The summed E-state index contributed by atoms with van der Waals surface area (Å²) in [6.45, 7) is 4.76. The van der Waals surface area contributed by atoms with Crippen LogP contribution < -0.4 is 10.6 Å². The molecule has 0 atom stereocenters. The number of benzene rings is 1. The fourth-order valence-corrected chi connectivity index (χ4v) is 2.66. The normalized spacial score (nSPS) is 16.2. The summed E-state index contributed by atoms with van der Waals surface area (Å²) < 4.78 is 12.9. The summed E-state index contributed by atoms with van der Waals surface area (Å²) in [5.41, 5.74) is 0.982. The van der Waals surface area contributed by atoms with E-state index in [-0.39, 0.29) is 35.2 Å². The first-order chi connectivity index (χ1) is 11.1. The van der Waals surface area contributed by atoms with Gasteiger partial charge in [0.2, 0.25) is 0 Å². The molecule has 2 aromatic rings. The summed E-state index contributed by atoms with van der Waals surface area (Å²) in [6.07, 6.45) is 3.49. The zero-order chi connectivity index (χ0) is 16.3. The zero-order valence-corrected chi connectivity index (χ0v) is 14.3. The van der Waals surface area contributed by atoms with Crippen molar-refractivity contribution in [2.45, 2.75) is 19.8 Å². The number of piperidine rings is 1. The molecule has 0 unspecified atom stereocenters. The molecule has 1 amide bonds. The highest BCUT2D eigenvalue weighted by molar-refractivity contribution is 5.91. The Balaban J connectivity index is 0.00000208. The molecule has 1 aromatic carbocycles. The van der Waals surface area contributed by atoms with E-state index in [9.17, 15) is 9.18 Å². The molecule has 0 aliphatic carbocycles. The van der Waals surface area contributed by atoms with Gasteiger partial charge in [-0.25, -0.2) is 4.39 Å². The van der Waals surface area contributed by atoms with Gasteiger partial charge in [0.05, 0.1) is 11.9 Å². The van der Waals surface area contributed by atoms with Crippen LogP contribution in [-0.4, -0.2) is 40.5 Å². The number of hydrogen-bond donors (Lipinski definition) is 2. The van der Waals surface area contributed by atoms with Crippen molar-refractivity contribution in [2.24, 2.45) is 5.41 Å². The molecule has 8 heteroatoms. The molecule has 0 bridgehead atoms. The summed E-state index contributed by atoms with van der Waals surface area (Å²) in [6, 6.07) is 5.78. The van der Waals surface area contributed by atoms with Crippen LogP contribution >= 0.6 is 12.4 Å². The minimum absolute atomic E-state index is 0. The van der Waals surface area contributed by atoms with Gasteiger partial charge in [-0.15, -0.1) is 17.5 Å². The van der Waals surface area contributed by atoms with Crippen molar-refractivity contribution in [3.63, 3.8) is 0 Å². The lowest BCUT2D eigenvalue weighted by molar-refractivity contribution is 0.0917. The average molecular weight is 354 g/mol. The molecular formula is C16H21ClFN5O. The molecule has 2 heterocycles. The van der Waals surface area contributed by atoms with Gasteiger partial charge in [-0.2, -0.15) is 9.90 Å². The van der Waals surface area contributed by atoms with Gasteiger partial charge >= 0.3 is 0 Å². The van der Waals surface area contributed by atoms with E-state index < -0.39 is 0 Å². The Morgan fingerprint density at radius 2 is 2.00 bits per heavy atom. The summed E-state index contributed by atoms with van der Waals surface area (Å²) in [5, 5.41) is 14.5. The van der Waals surface area contributed by atoms with Gasteiger partial charge in [-0.3, -0.25) is 4.79 Å². The van der Waals surface area contributed by atoms with E-state index in [1.165, 1.54) is 23.1 Å². The molecule has 1 aliphatic heterocycles. The van der Waals surface area contributed by atoms with Crippen LogP contribution in [-0.2, 0) is 0 Å². The van der Waals surface area contributed by atoms with E-state index in [2.05, 4.69) is 27.8 Å². The minimum Gasteiger partial charge on any atom is -0.350 e. The van der Waals surface area contributed by atoms with Crippen LogP contribution in [0, 0.1) is 11.2 Å². The third kappa shape index (κ3) is 4.30. The van der Waals surface area contributed by atoms with Crippen molar-refractivity contribution in [2.75, 3.05) is 19.6 Å². The molecular weight excluding hydrogens is 333 g/mol. The number of aromatic nitrogens is 3. The molecule has 6 nitrogen and oxygen atoms in total. The summed E-state index contributed by atoms with van der Waals surface area (Å²) in [5.74, 6) is -0.563. The standard InChI is InChI=1S/C16H20FN5O.ClH/c1-16(6-8-18-9-7-16)11-19-15(23)14-10-20-22(21-14)13-4-2-12(17)3-5-13;/h2-5,10,18H,6-9,11H2,1H3,(H,19,23);1H. The molecule has 1 fully saturated rings. The second-order valence-corrected chi connectivity index (χ2v) is 6.24. The Bertz CT molecular complexity index is 682. The molecule has 24 heavy (non-hydrogen) atoms. The van der Waals surface area contributed by atoms with Gasteiger partial charge in [-0.05, 0) is 55.6 Å². The van der Waals surface area contributed by atoms with Crippen LogP contribution in [0.25, 0.3) is 5.69 Å². The highest BCUT2D eigenvalue weighted by Crippen LogP contribution is 2.26. The summed E-state index contributed by atoms with van der Waals surface area (Å²) >= 11 is 0. The minimum atomic E-state index is -0.325. The molecule has 0 spiro atoms. The fraction of sp³-hybridized carbons (Fsp3) is 0.438. The molecule has 0 radical (unpaired) electrons. The maximum Gasteiger partial charge on any atom is 0.273 e. The largest absolute Gasteiger partial charge is 0.350 e. The van der Waals surface area contributed by atoms with Crippen molar-refractivity contribution >= 4 is 18.3 Å². The molecule has 130 valence electrons. The smallest absolute Gasteiger partial charge is 0.273 e. The molecule has 0 saturated carbocycles. The molecule has 1 aliphatic rings. The molecule has 1 saturated heterocycles. The Hall–Kier alpha value is -1.99. The predicted octanol–water partition coefficient (Wildman–Crippen LogP) is 1.95. The number of halogens is 2. The number of nitrogens with zero attached hydrogens (tertiary/aromatic N) is 3. The van der Waals surface area contributed by atoms with Gasteiger partial charge in [0.1, 0.15) is 5.82 Å². The second kappa shape index (κ2) is 7.72. The number of carbonyl (C=O) groups excluding carboxylic acids is 1. The molecule has 2 N–H and O–H groups in total. The van der Waals surface area contributed by atoms with Crippen LogP contribution in [0.2, 0.25) is 0 Å². The highest BCUT2D eigenvalue weighted by Gasteiger charge is 2.27. The number of rotatable bonds is 4. The van der Waals surface area contributed by atoms with E-state index in [0.717, 1.165) is 25.9 Å². The third-order valence-corrected chi connectivity index (χ3v) is 4.27. The van der Waals surface area contributed by atoms with Crippen molar-refractivity contribution in [1.82, 2.24) is 25.6 Å². The maximum absolute atomic E-state index is 12.9. The van der Waals surface area contributed by atoms with E-state index in [4.69, 9.17) is 0 Å². The van der Waals surface area contributed by atoms with Crippen LogP contribution in [0.4, 0.5) is 4.39 Å². The van der Waals surface area contributed by atoms with Crippen molar-refractivity contribution in [3.8, 4) is 5.69 Å².